The molecule has 1 aromatic carbocycles. The summed E-state index contributed by atoms with van der Waals surface area (Å²) in [5.41, 5.74) is -7.75. The fourth-order valence-corrected chi connectivity index (χ4v) is 2.89. The third-order valence-corrected chi connectivity index (χ3v) is 4.04. The first-order valence-electron chi connectivity index (χ1n) is 9.34. The largest absolute Gasteiger partial charge is 0.573 e. The van der Waals surface area contributed by atoms with E-state index in [1.807, 2.05) is 0 Å². The molecule has 0 bridgehead atoms. The van der Waals surface area contributed by atoms with E-state index in [4.69, 9.17) is 0 Å². The second kappa shape index (κ2) is 10.2. The highest BCUT2D eigenvalue weighted by Crippen LogP contribution is 2.42. The number of aromatic nitrogens is 1. The van der Waals surface area contributed by atoms with E-state index in [9.17, 15) is 44.7 Å². The highest BCUT2D eigenvalue weighted by Gasteiger charge is 2.43. The minimum Gasteiger partial charge on any atom is -0.462 e. The Morgan fingerprint density at radius 2 is 1.38 bits per heavy atom. The lowest BCUT2D eigenvalue weighted by atomic mass is 9.91. The van der Waals surface area contributed by atoms with Gasteiger partial charge in [-0.3, -0.25) is 0 Å². The first-order valence-corrected chi connectivity index (χ1v) is 9.34. The van der Waals surface area contributed by atoms with Crippen molar-refractivity contribution in [2.75, 3.05) is 13.2 Å². The molecule has 6 nitrogen and oxygen atoms in total. The van der Waals surface area contributed by atoms with Gasteiger partial charge in [-0.1, -0.05) is 12.1 Å². The van der Waals surface area contributed by atoms with E-state index in [1.54, 1.807) is 0 Å². The van der Waals surface area contributed by atoms with Crippen LogP contribution >= 0.6 is 0 Å². The Morgan fingerprint density at radius 3 is 1.79 bits per heavy atom. The first kappa shape index (κ1) is 26.8. The number of hydrogen-bond donors (Lipinski definition) is 0. The Hall–Kier alpha value is -3.45. The van der Waals surface area contributed by atoms with Crippen molar-refractivity contribution >= 4 is 11.9 Å². The monoisotopic (exact) mass is 501 g/mol. The summed E-state index contributed by atoms with van der Waals surface area (Å²) in [7, 11) is 0. The maximum atomic E-state index is 13.7. The van der Waals surface area contributed by atoms with Crippen molar-refractivity contribution in [1.29, 1.82) is 0 Å². The van der Waals surface area contributed by atoms with Crippen molar-refractivity contribution in [3.05, 3.63) is 46.8 Å². The third kappa shape index (κ3) is 6.11. The highest BCUT2D eigenvalue weighted by atomic mass is 19.4. The van der Waals surface area contributed by atoms with Crippen LogP contribution in [0.3, 0.4) is 0 Å². The van der Waals surface area contributed by atoms with Crippen LogP contribution < -0.4 is 4.74 Å². The van der Waals surface area contributed by atoms with Crippen molar-refractivity contribution in [2.24, 2.45) is 0 Å². The van der Waals surface area contributed by atoms with E-state index in [2.05, 4.69) is 19.2 Å². The molecule has 0 aliphatic rings. The molecular formula is C20H15F8NO5. The molecule has 0 aliphatic heterocycles. The first-order chi connectivity index (χ1) is 15.7. The minimum absolute atomic E-state index is 0.380. The molecular weight excluding hydrogens is 486 g/mol. The van der Waals surface area contributed by atoms with Crippen LogP contribution in [0, 0.1) is 0 Å². The molecule has 2 rings (SSSR count). The number of halogens is 8. The van der Waals surface area contributed by atoms with Crippen LogP contribution in [0.4, 0.5) is 35.1 Å². The van der Waals surface area contributed by atoms with Gasteiger partial charge in [0.2, 0.25) is 0 Å². The van der Waals surface area contributed by atoms with Gasteiger partial charge in [-0.25, -0.2) is 23.4 Å². The molecule has 14 heteroatoms. The predicted octanol–water partition coefficient (Wildman–Crippen LogP) is 5.96. The standard InChI is InChI=1S/C20H15F8NO5/c1-3-32-17(30)12-11(9-5-7-10(8-6-9)34-20(26,27)28)13(18(31)33-4-2)15(19(23,24)25)29-14(12)16(21)22/h5-8,16H,3-4H2,1-2H3. The van der Waals surface area contributed by atoms with Crippen molar-refractivity contribution in [3.63, 3.8) is 0 Å². The summed E-state index contributed by atoms with van der Waals surface area (Å²) in [4.78, 5) is 27.9. The Bertz CT molecular complexity index is 1050. The molecule has 2 aromatic rings. The predicted molar refractivity (Wildman–Crippen MR) is 98.2 cm³/mol. The summed E-state index contributed by atoms with van der Waals surface area (Å²) >= 11 is 0. The van der Waals surface area contributed by atoms with Crippen molar-refractivity contribution in [2.45, 2.75) is 32.8 Å². The number of ether oxygens (including phenoxy) is 3. The lowest BCUT2D eigenvalue weighted by Gasteiger charge is -2.21. The van der Waals surface area contributed by atoms with E-state index in [1.165, 1.54) is 13.8 Å². The van der Waals surface area contributed by atoms with E-state index < -0.39 is 76.9 Å². The fraction of sp³-hybridized carbons (Fsp3) is 0.350. The summed E-state index contributed by atoms with van der Waals surface area (Å²) < 4.78 is 119. The van der Waals surface area contributed by atoms with Gasteiger partial charge in [-0.15, -0.1) is 13.2 Å². The second-order valence-electron chi connectivity index (χ2n) is 6.28. The number of hydrogen-bond acceptors (Lipinski definition) is 6. The summed E-state index contributed by atoms with van der Waals surface area (Å²) in [6.07, 6.45) is -14.3. The van der Waals surface area contributed by atoms with E-state index in [-0.39, 0.29) is 6.61 Å². The molecule has 186 valence electrons. The van der Waals surface area contributed by atoms with E-state index >= 15 is 0 Å². The molecule has 1 aromatic heterocycles. The van der Waals surface area contributed by atoms with Crippen LogP contribution in [0.2, 0.25) is 0 Å². The Kier molecular flexibility index (Phi) is 8.05. The topological polar surface area (TPSA) is 74.7 Å². The Balaban J connectivity index is 2.99. The zero-order valence-electron chi connectivity index (χ0n) is 17.3. The molecule has 0 atom stereocenters. The van der Waals surface area contributed by atoms with E-state index in [0.29, 0.717) is 12.1 Å². The number of carbonyl (C=O) groups excluding carboxylic acids is 2. The lowest BCUT2D eigenvalue weighted by Crippen LogP contribution is -2.24. The average Bonchev–Trinajstić information content (AvgIpc) is 2.71. The Morgan fingerprint density at radius 1 is 0.882 bits per heavy atom. The van der Waals surface area contributed by atoms with Gasteiger partial charge in [0.05, 0.1) is 24.3 Å². The summed E-state index contributed by atoms with van der Waals surface area (Å²) in [6.45, 7) is 1.72. The van der Waals surface area contributed by atoms with Crippen LogP contribution in [0.1, 0.15) is 52.4 Å². The third-order valence-electron chi connectivity index (χ3n) is 4.04. The molecule has 0 aliphatic carbocycles. The summed E-state index contributed by atoms with van der Waals surface area (Å²) in [5.74, 6) is -3.99. The van der Waals surface area contributed by atoms with Crippen LogP contribution in [0.5, 0.6) is 5.75 Å². The van der Waals surface area contributed by atoms with Gasteiger partial charge in [-0.05, 0) is 31.5 Å². The van der Waals surface area contributed by atoms with Gasteiger partial charge in [0, 0.05) is 5.56 Å². The average molecular weight is 501 g/mol. The molecule has 0 N–H and O–H groups in total. The zero-order valence-corrected chi connectivity index (χ0v) is 17.3. The Labute approximate surface area is 186 Å². The number of benzene rings is 1. The SMILES string of the molecule is CCOC(=O)c1c(C(F)F)nc(C(F)(F)F)c(C(=O)OCC)c1-c1ccc(OC(F)(F)F)cc1. The number of carbonyl (C=O) groups is 2. The quantitative estimate of drug-likeness (QED) is 0.345. The maximum absolute atomic E-state index is 13.7. The number of esters is 2. The molecule has 1 heterocycles. The van der Waals surface area contributed by atoms with Crippen LogP contribution in [0.25, 0.3) is 11.1 Å². The minimum atomic E-state index is -5.45. The zero-order chi connectivity index (χ0) is 25.8. The van der Waals surface area contributed by atoms with Gasteiger partial charge in [0.1, 0.15) is 11.4 Å². The van der Waals surface area contributed by atoms with Crippen molar-refractivity contribution in [1.82, 2.24) is 4.98 Å². The highest BCUT2D eigenvalue weighted by molar-refractivity contribution is 6.07. The van der Waals surface area contributed by atoms with Crippen molar-refractivity contribution < 1.29 is 58.9 Å². The van der Waals surface area contributed by atoms with Gasteiger partial charge >= 0.3 is 24.5 Å². The number of rotatable bonds is 7. The second-order valence-corrected chi connectivity index (χ2v) is 6.28. The van der Waals surface area contributed by atoms with Crippen molar-refractivity contribution in [3.8, 4) is 16.9 Å². The van der Waals surface area contributed by atoms with Crippen LogP contribution in [0.15, 0.2) is 24.3 Å². The maximum Gasteiger partial charge on any atom is 0.573 e. The molecule has 0 fully saturated rings. The summed E-state index contributed by atoms with van der Waals surface area (Å²) in [6, 6.07) is 2.80. The lowest BCUT2D eigenvalue weighted by molar-refractivity contribution is -0.274. The van der Waals surface area contributed by atoms with Gasteiger partial charge in [-0.2, -0.15) is 13.2 Å². The molecule has 0 unspecified atom stereocenters. The molecule has 0 saturated carbocycles. The van der Waals surface area contributed by atoms with Crippen LogP contribution in [-0.2, 0) is 15.7 Å². The smallest absolute Gasteiger partial charge is 0.462 e. The molecule has 0 amide bonds. The number of alkyl halides is 8. The fourth-order valence-electron chi connectivity index (χ4n) is 2.89. The van der Waals surface area contributed by atoms with Gasteiger partial charge < -0.3 is 14.2 Å². The number of nitrogens with zero attached hydrogens (tertiary/aromatic N) is 1. The molecule has 0 radical (unpaired) electrons. The normalized spacial score (nSPS) is 12.0. The van der Waals surface area contributed by atoms with Crippen LogP contribution in [-0.4, -0.2) is 36.5 Å². The van der Waals surface area contributed by atoms with Gasteiger partial charge in [0.15, 0.2) is 5.69 Å². The molecule has 0 saturated heterocycles. The van der Waals surface area contributed by atoms with E-state index in [0.717, 1.165) is 12.1 Å². The molecule has 0 spiro atoms. The molecule has 34 heavy (non-hydrogen) atoms. The summed E-state index contributed by atoms with van der Waals surface area (Å²) in [5, 5.41) is 0. The number of pyridine rings is 1. The van der Waals surface area contributed by atoms with Gasteiger partial charge in [0.25, 0.3) is 6.43 Å².